The van der Waals surface area contributed by atoms with Crippen LogP contribution in [0.2, 0.25) is 0 Å². The fourth-order valence-electron chi connectivity index (χ4n) is 1.40. The van der Waals surface area contributed by atoms with Crippen molar-refractivity contribution in [2.24, 2.45) is 5.73 Å². The molecule has 0 heterocycles. The fraction of sp³-hybridized carbons (Fsp3) is 0.667. The molecule has 2 unspecified atom stereocenters. The van der Waals surface area contributed by atoms with Crippen molar-refractivity contribution in [2.75, 3.05) is 0 Å². The Labute approximate surface area is 83.7 Å². The predicted molar refractivity (Wildman–Crippen MR) is 54.8 cm³/mol. The van der Waals surface area contributed by atoms with E-state index in [1.54, 1.807) is 0 Å². The van der Waals surface area contributed by atoms with Crippen LogP contribution in [-0.2, 0) is 4.74 Å². The molecule has 2 N–H and O–H groups in total. The molecule has 2 atom stereocenters. The first-order valence-corrected chi connectivity index (χ1v) is 4.95. The van der Waals surface area contributed by atoms with Gasteiger partial charge >= 0.3 is 5.30 Å². The molecule has 1 rings (SSSR count). The van der Waals surface area contributed by atoms with Crippen LogP contribution in [-0.4, -0.2) is 17.4 Å². The van der Waals surface area contributed by atoms with E-state index in [4.69, 9.17) is 10.5 Å². The van der Waals surface area contributed by atoms with Crippen LogP contribution in [0.5, 0.6) is 0 Å². The van der Waals surface area contributed by atoms with Crippen molar-refractivity contribution in [1.82, 2.24) is 0 Å². The minimum atomic E-state index is -0.524. The highest BCUT2D eigenvalue weighted by Crippen LogP contribution is 2.14. The lowest BCUT2D eigenvalue weighted by atomic mass is 10.0. The Morgan fingerprint density at radius 2 is 2.23 bits per heavy atom. The number of ether oxygens (including phenoxy) is 1. The van der Waals surface area contributed by atoms with E-state index in [1.165, 1.54) is 0 Å². The van der Waals surface area contributed by atoms with Crippen molar-refractivity contribution in [3.8, 4) is 0 Å². The molecule has 0 aromatic rings. The SMILES string of the molecule is NC1CC/C=C/C(OC(=O)S)CC1. The Morgan fingerprint density at radius 3 is 2.92 bits per heavy atom. The van der Waals surface area contributed by atoms with E-state index in [9.17, 15) is 4.79 Å². The Hall–Kier alpha value is -0.480. The van der Waals surface area contributed by atoms with Gasteiger partial charge in [0.05, 0.1) is 0 Å². The van der Waals surface area contributed by atoms with Crippen LogP contribution >= 0.6 is 12.6 Å². The third-order valence-electron chi connectivity index (χ3n) is 2.13. The molecule has 0 saturated carbocycles. The largest absolute Gasteiger partial charge is 0.450 e. The normalized spacial score (nSPS) is 31.5. The molecule has 1 aliphatic rings. The molecule has 0 amide bonds. The lowest BCUT2D eigenvalue weighted by molar-refractivity contribution is 0.139. The average molecular weight is 201 g/mol. The molecule has 3 nitrogen and oxygen atoms in total. The number of thiol groups is 1. The number of nitrogens with two attached hydrogens (primary N) is 1. The molecular formula is C9H15NO2S. The highest BCUT2D eigenvalue weighted by molar-refractivity contribution is 7.96. The number of allylic oxidation sites excluding steroid dienone is 1. The van der Waals surface area contributed by atoms with Crippen LogP contribution in [0, 0.1) is 0 Å². The van der Waals surface area contributed by atoms with Crippen LogP contribution in [0.3, 0.4) is 0 Å². The second-order valence-electron chi connectivity index (χ2n) is 3.27. The zero-order valence-electron chi connectivity index (χ0n) is 7.48. The van der Waals surface area contributed by atoms with Gasteiger partial charge in [0.15, 0.2) is 0 Å². The molecule has 0 spiro atoms. The molecular weight excluding hydrogens is 186 g/mol. The van der Waals surface area contributed by atoms with Crippen LogP contribution in [0.4, 0.5) is 4.79 Å². The van der Waals surface area contributed by atoms with Crippen molar-refractivity contribution in [3.63, 3.8) is 0 Å². The van der Waals surface area contributed by atoms with E-state index >= 15 is 0 Å². The van der Waals surface area contributed by atoms with Crippen molar-refractivity contribution >= 4 is 17.9 Å². The first-order chi connectivity index (χ1) is 6.18. The highest BCUT2D eigenvalue weighted by Gasteiger charge is 2.13. The molecule has 0 radical (unpaired) electrons. The van der Waals surface area contributed by atoms with Gasteiger partial charge in [0, 0.05) is 6.04 Å². The Balaban J connectivity index is 2.44. The fourth-order valence-corrected chi connectivity index (χ4v) is 1.54. The van der Waals surface area contributed by atoms with E-state index < -0.39 is 5.30 Å². The molecule has 0 bridgehead atoms. The topological polar surface area (TPSA) is 52.3 Å². The van der Waals surface area contributed by atoms with E-state index in [-0.39, 0.29) is 12.1 Å². The molecule has 74 valence electrons. The minimum Gasteiger partial charge on any atom is -0.450 e. The van der Waals surface area contributed by atoms with Crippen LogP contribution < -0.4 is 5.73 Å². The third kappa shape index (κ3) is 4.33. The van der Waals surface area contributed by atoms with Gasteiger partial charge in [0.1, 0.15) is 6.10 Å². The molecule has 0 aromatic carbocycles. The predicted octanol–water partition coefficient (Wildman–Crippen LogP) is 1.88. The van der Waals surface area contributed by atoms with Crippen LogP contribution in [0.25, 0.3) is 0 Å². The summed E-state index contributed by atoms with van der Waals surface area (Å²) in [6.07, 6.45) is 7.46. The number of carbonyl (C=O) groups excluding carboxylic acids is 1. The molecule has 0 aliphatic heterocycles. The van der Waals surface area contributed by atoms with E-state index in [0.717, 1.165) is 25.7 Å². The van der Waals surface area contributed by atoms with Gasteiger partial charge in [-0.2, -0.15) is 0 Å². The molecule has 0 saturated heterocycles. The van der Waals surface area contributed by atoms with Gasteiger partial charge < -0.3 is 10.5 Å². The van der Waals surface area contributed by atoms with E-state index in [0.29, 0.717) is 0 Å². The lowest BCUT2D eigenvalue weighted by Gasteiger charge is -2.18. The first kappa shape index (κ1) is 10.6. The summed E-state index contributed by atoms with van der Waals surface area (Å²) in [5.41, 5.74) is 5.80. The second kappa shape index (κ2) is 5.29. The zero-order valence-corrected chi connectivity index (χ0v) is 8.37. The third-order valence-corrected chi connectivity index (χ3v) is 2.23. The lowest BCUT2D eigenvalue weighted by Crippen LogP contribution is -2.24. The van der Waals surface area contributed by atoms with Gasteiger partial charge in [0.2, 0.25) is 0 Å². The maximum absolute atomic E-state index is 10.6. The highest BCUT2D eigenvalue weighted by atomic mass is 32.1. The van der Waals surface area contributed by atoms with Crippen molar-refractivity contribution in [2.45, 2.75) is 37.8 Å². The Morgan fingerprint density at radius 1 is 1.46 bits per heavy atom. The Bertz CT molecular complexity index is 206. The first-order valence-electron chi connectivity index (χ1n) is 4.50. The molecule has 1 aliphatic carbocycles. The average Bonchev–Trinajstić information content (AvgIpc) is 2.03. The van der Waals surface area contributed by atoms with Gasteiger partial charge in [-0.15, -0.1) is 0 Å². The van der Waals surface area contributed by atoms with Gasteiger partial charge in [-0.1, -0.05) is 18.7 Å². The van der Waals surface area contributed by atoms with Gasteiger partial charge in [-0.05, 0) is 31.8 Å². The minimum absolute atomic E-state index is 0.142. The summed E-state index contributed by atoms with van der Waals surface area (Å²) >= 11 is 3.57. The summed E-state index contributed by atoms with van der Waals surface area (Å²) in [4.78, 5) is 10.6. The van der Waals surface area contributed by atoms with Crippen molar-refractivity contribution < 1.29 is 9.53 Å². The smallest absolute Gasteiger partial charge is 0.364 e. The summed E-state index contributed by atoms with van der Waals surface area (Å²) in [5, 5.41) is -0.524. The van der Waals surface area contributed by atoms with Crippen LogP contribution in [0.15, 0.2) is 12.2 Å². The number of rotatable bonds is 1. The maximum Gasteiger partial charge on any atom is 0.364 e. The number of carbonyl (C=O) groups is 1. The van der Waals surface area contributed by atoms with Crippen LogP contribution in [0.1, 0.15) is 25.7 Å². The zero-order chi connectivity index (χ0) is 9.68. The Kier molecular flexibility index (Phi) is 4.32. The quantitative estimate of drug-likeness (QED) is 0.387. The molecule has 4 heteroatoms. The number of hydrogen-bond acceptors (Lipinski definition) is 3. The molecule has 0 aromatic heterocycles. The van der Waals surface area contributed by atoms with Gasteiger partial charge in [-0.25, -0.2) is 4.79 Å². The summed E-state index contributed by atoms with van der Waals surface area (Å²) in [7, 11) is 0. The van der Waals surface area contributed by atoms with Gasteiger partial charge in [-0.3, -0.25) is 0 Å². The maximum atomic E-state index is 10.6. The second-order valence-corrected chi connectivity index (χ2v) is 3.63. The molecule has 13 heavy (non-hydrogen) atoms. The summed E-state index contributed by atoms with van der Waals surface area (Å²) in [6.45, 7) is 0. The van der Waals surface area contributed by atoms with Crippen molar-refractivity contribution in [1.29, 1.82) is 0 Å². The standard InChI is InChI=1S/C9H15NO2S/c10-7-3-1-2-4-8(6-5-7)12-9(11)13/h2,4,7-8H,1,3,5-6,10H2,(H,11,13)/b4-2+. The number of hydrogen-bond donors (Lipinski definition) is 2. The van der Waals surface area contributed by atoms with Gasteiger partial charge in [0.25, 0.3) is 0 Å². The summed E-state index contributed by atoms with van der Waals surface area (Å²) in [6, 6.07) is 0.228. The summed E-state index contributed by atoms with van der Waals surface area (Å²) in [5.74, 6) is 0. The van der Waals surface area contributed by atoms with E-state index in [2.05, 4.69) is 12.6 Å². The molecule has 0 fully saturated rings. The summed E-state index contributed by atoms with van der Waals surface area (Å²) < 4.78 is 4.96. The van der Waals surface area contributed by atoms with Crippen molar-refractivity contribution in [3.05, 3.63) is 12.2 Å². The van der Waals surface area contributed by atoms with E-state index in [1.807, 2.05) is 12.2 Å². The monoisotopic (exact) mass is 201 g/mol.